The molecule has 2 aromatic rings. The number of hydrogen-bond donors (Lipinski definition) is 1. The summed E-state index contributed by atoms with van der Waals surface area (Å²) in [5.41, 5.74) is 0.835. The Morgan fingerprint density at radius 3 is 2.48 bits per heavy atom. The van der Waals surface area contributed by atoms with E-state index in [9.17, 15) is 17.9 Å². The van der Waals surface area contributed by atoms with Gasteiger partial charge in [0.05, 0.1) is 20.4 Å². The van der Waals surface area contributed by atoms with Gasteiger partial charge in [0.2, 0.25) is 10.0 Å². The van der Waals surface area contributed by atoms with Crippen LogP contribution in [0, 0.1) is 11.7 Å². The summed E-state index contributed by atoms with van der Waals surface area (Å²) in [5, 5.41) is 13.8. The summed E-state index contributed by atoms with van der Waals surface area (Å²) in [6, 6.07) is 2.11. The lowest BCUT2D eigenvalue weighted by Gasteiger charge is -2.18. The molecule has 0 saturated carbocycles. The second kappa shape index (κ2) is 7.45. The van der Waals surface area contributed by atoms with E-state index >= 15 is 0 Å². The van der Waals surface area contributed by atoms with Crippen LogP contribution in [-0.4, -0.2) is 61.5 Å². The number of ether oxygens (including phenoxy) is 2. The quantitative estimate of drug-likeness (QED) is 0.778. The normalized spacial score (nSPS) is 20.8. The first-order valence-electron chi connectivity index (χ1n) is 8.32. The third kappa shape index (κ3) is 3.52. The van der Waals surface area contributed by atoms with Gasteiger partial charge in [-0.3, -0.25) is 4.68 Å². The minimum absolute atomic E-state index is 0.0895. The molecule has 0 unspecified atom stereocenters. The van der Waals surface area contributed by atoms with Crippen LogP contribution >= 0.6 is 0 Å². The summed E-state index contributed by atoms with van der Waals surface area (Å²) < 4.78 is 53.5. The van der Waals surface area contributed by atoms with Crippen molar-refractivity contribution in [3.63, 3.8) is 0 Å². The lowest BCUT2D eigenvalue weighted by atomic mass is 9.92. The molecule has 0 spiro atoms. The minimum atomic E-state index is -4.12. The average molecular weight is 399 g/mol. The van der Waals surface area contributed by atoms with E-state index in [-0.39, 0.29) is 43.0 Å². The van der Waals surface area contributed by atoms with Crippen LogP contribution in [0.3, 0.4) is 0 Å². The first-order valence-corrected chi connectivity index (χ1v) is 9.76. The maximum absolute atomic E-state index is 14.5. The molecule has 0 amide bonds. The van der Waals surface area contributed by atoms with E-state index in [4.69, 9.17) is 9.47 Å². The van der Waals surface area contributed by atoms with Crippen molar-refractivity contribution in [1.82, 2.24) is 14.1 Å². The number of rotatable bonds is 6. The Bertz CT molecular complexity index is 931. The molecule has 1 aromatic carbocycles. The van der Waals surface area contributed by atoms with Gasteiger partial charge >= 0.3 is 0 Å². The lowest BCUT2D eigenvalue weighted by Crippen LogP contribution is -2.30. The van der Waals surface area contributed by atoms with Crippen molar-refractivity contribution in [2.75, 3.05) is 33.9 Å². The fourth-order valence-corrected chi connectivity index (χ4v) is 4.98. The van der Waals surface area contributed by atoms with Crippen molar-refractivity contribution in [2.24, 2.45) is 13.0 Å². The number of aliphatic hydroxyl groups is 1. The molecule has 1 N–H and O–H groups in total. The number of sulfonamides is 1. The van der Waals surface area contributed by atoms with Crippen LogP contribution < -0.4 is 9.47 Å². The summed E-state index contributed by atoms with van der Waals surface area (Å²) in [7, 11) is 0.337. The zero-order valence-corrected chi connectivity index (χ0v) is 16.1. The van der Waals surface area contributed by atoms with Gasteiger partial charge in [-0.1, -0.05) is 0 Å². The minimum Gasteiger partial charge on any atom is -0.493 e. The van der Waals surface area contributed by atoms with Crippen molar-refractivity contribution in [3.05, 3.63) is 35.9 Å². The number of halogens is 1. The molecule has 1 saturated heterocycles. The van der Waals surface area contributed by atoms with Gasteiger partial charge in [0.15, 0.2) is 11.5 Å². The number of aryl methyl sites for hydroxylation is 1. The van der Waals surface area contributed by atoms with Gasteiger partial charge in [-0.15, -0.1) is 0 Å². The van der Waals surface area contributed by atoms with Gasteiger partial charge in [-0.2, -0.15) is 9.40 Å². The highest BCUT2D eigenvalue weighted by molar-refractivity contribution is 7.89. The zero-order valence-electron chi connectivity index (χ0n) is 15.3. The maximum Gasteiger partial charge on any atom is 0.246 e. The first-order chi connectivity index (χ1) is 12.8. The highest BCUT2D eigenvalue weighted by atomic mass is 32.2. The highest BCUT2D eigenvalue weighted by Gasteiger charge is 2.41. The van der Waals surface area contributed by atoms with E-state index < -0.39 is 20.7 Å². The predicted molar refractivity (Wildman–Crippen MR) is 94.8 cm³/mol. The lowest BCUT2D eigenvalue weighted by molar-refractivity contribution is 0.223. The Hall–Kier alpha value is -2.17. The summed E-state index contributed by atoms with van der Waals surface area (Å²) in [6.07, 6.45) is 3.45. The fourth-order valence-electron chi connectivity index (χ4n) is 3.39. The molecule has 0 radical (unpaired) electrons. The molecule has 10 heteroatoms. The predicted octanol–water partition coefficient (Wildman–Crippen LogP) is 0.973. The van der Waals surface area contributed by atoms with Crippen molar-refractivity contribution in [1.29, 1.82) is 0 Å². The number of aliphatic hydroxyl groups excluding tert-OH is 1. The second-order valence-corrected chi connectivity index (χ2v) is 8.36. The largest absolute Gasteiger partial charge is 0.493 e. The van der Waals surface area contributed by atoms with E-state index in [0.717, 1.165) is 17.7 Å². The molecule has 1 aliphatic heterocycles. The number of aromatic nitrogens is 2. The van der Waals surface area contributed by atoms with Gasteiger partial charge in [-0.05, 0) is 5.56 Å². The van der Waals surface area contributed by atoms with Gasteiger partial charge < -0.3 is 14.6 Å². The maximum atomic E-state index is 14.5. The van der Waals surface area contributed by atoms with Crippen molar-refractivity contribution < 1.29 is 27.4 Å². The molecule has 3 rings (SSSR count). The molecule has 8 nitrogen and oxygen atoms in total. The Balaban J connectivity index is 1.96. The highest BCUT2D eigenvalue weighted by Crippen LogP contribution is 2.38. The smallest absolute Gasteiger partial charge is 0.246 e. The Labute approximate surface area is 157 Å². The molecular formula is C17H22FN3O5S. The van der Waals surface area contributed by atoms with Crippen LogP contribution in [0.1, 0.15) is 11.5 Å². The summed E-state index contributed by atoms with van der Waals surface area (Å²) in [4.78, 5) is -0.483. The monoisotopic (exact) mass is 399 g/mol. The summed E-state index contributed by atoms with van der Waals surface area (Å²) >= 11 is 0. The molecule has 148 valence electrons. The topological polar surface area (TPSA) is 93.9 Å². The number of hydrogen-bond acceptors (Lipinski definition) is 6. The first kappa shape index (κ1) is 19.6. The molecule has 27 heavy (non-hydrogen) atoms. The fraction of sp³-hybridized carbons (Fsp3) is 0.471. The Kier molecular flexibility index (Phi) is 5.41. The van der Waals surface area contributed by atoms with Crippen LogP contribution in [0.5, 0.6) is 11.5 Å². The molecule has 0 aliphatic carbocycles. The van der Waals surface area contributed by atoms with Gasteiger partial charge in [0.1, 0.15) is 10.7 Å². The molecule has 0 bridgehead atoms. The number of benzene rings is 1. The van der Waals surface area contributed by atoms with Gasteiger partial charge in [-0.25, -0.2) is 12.8 Å². The molecule has 1 fully saturated rings. The van der Waals surface area contributed by atoms with Crippen LogP contribution in [0.15, 0.2) is 29.4 Å². The molecular weight excluding hydrogens is 377 g/mol. The van der Waals surface area contributed by atoms with Crippen LogP contribution in [0.25, 0.3) is 0 Å². The SMILES string of the molecule is COc1cc(F)c(S(=O)(=O)N2C[C@@H](CO)[C@H](c3cnn(C)c3)C2)cc1OC. The van der Waals surface area contributed by atoms with E-state index in [0.29, 0.717) is 0 Å². The third-order valence-corrected chi connectivity index (χ3v) is 6.70. The van der Waals surface area contributed by atoms with Crippen molar-refractivity contribution in [3.8, 4) is 11.5 Å². The molecule has 1 aliphatic rings. The molecule has 2 heterocycles. The van der Waals surface area contributed by atoms with E-state index in [1.807, 2.05) is 0 Å². The van der Waals surface area contributed by atoms with Gasteiger partial charge in [0, 0.05) is 56.9 Å². The van der Waals surface area contributed by atoms with E-state index in [1.165, 1.54) is 18.5 Å². The van der Waals surface area contributed by atoms with E-state index in [2.05, 4.69) is 5.10 Å². The third-order valence-electron chi connectivity index (χ3n) is 4.85. The van der Waals surface area contributed by atoms with Gasteiger partial charge in [0.25, 0.3) is 0 Å². The van der Waals surface area contributed by atoms with Crippen molar-refractivity contribution >= 4 is 10.0 Å². The number of nitrogens with zero attached hydrogens (tertiary/aromatic N) is 3. The summed E-state index contributed by atoms with van der Waals surface area (Å²) in [5.74, 6) is -1.21. The molecule has 1 aromatic heterocycles. The second-order valence-electron chi connectivity index (χ2n) is 6.46. The molecule has 2 atom stereocenters. The van der Waals surface area contributed by atoms with Crippen LogP contribution in [-0.2, 0) is 17.1 Å². The summed E-state index contributed by atoms with van der Waals surface area (Å²) in [6.45, 7) is 0.0409. The van der Waals surface area contributed by atoms with Crippen molar-refractivity contribution in [2.45, 2.75) is 10.8 Å². The van der Waals surface area contributed by atoms with Crippen LogP contribution in [0.4, 0.5) is 4.39 Å². The zero-order chi connectivity index (χ0) is 19.8. The van der Waals surface area contributed by atoms with E-state index in [1.54, 1.807) is 24.1 Å². The Morgan fingerprint density at radius 2 is 1.93 bits per heavy atom. The number of methoxy groups -OCH3 is 2. The standard InChI is InChI=1S/C17H22FN3O5S/c1-20-7-11(6-19-20)13-9-21(8-12(13)10-22)27(23,24)17-5-16(26-3)15(25-2)4-14(17)18/h4-7,12-13,22H,8-10H2,1-3H3/t12-,13-/m0/s1. The Morgan fingerprint density at radius 1 is 1.26 bits per heavy atom. The average Bonchev–Trinajstić information content (AvgIpc) is 3.27. The van der Waals surface area contributed by atoms with Crippen LogP contribution in [0.2, 0.25) is 0 Å².